The van der Waals surface area contributed by atoms with E-state index in [1.807, 2.05) is 30.3 Å². The molecule has 3 atom stereocenters. The van der Waals surface area contributed by atoms with Crippen molar-refractivity contribution < 1.29 is 9.59 Å². The van der Waals surface area contributed by atoms with Crippen LogP contribution in [0.25, 0.3) is 0 Å². The molecule has 0 aliphatic carbocycles. The molecule has 2 aromatic rings. The van der Waals surface area contributed by atoms with Gasteiger partial charge < -0.3 is 16.0 Å². The van der Waals surface area contributed by atoms with Crippen molar-refractivity contribution in [2.45, 2.75) is 44.3 Å². The molecule has 0 bridgehead atoms. The quantitative estimate of drug-likeness (QED) is 0.644. The minimum absolute atomic E-state index is 0. The molecule has 3 unspecified atom stereocenters. The summed E-state index contributed by atoms with van der Waals surface area (Å²) in [6, 6.07) is 16.3. The van der Waals surface area contributed by atoms with E-state index in [4.69, 9.17) is 11.6 Å². The average molecular weight is 436 g/mol. The molecule has 1 aliphatic heterocycles. The van der Waals surface area contributed by atoms with Crippen LogP contribution in [0.4, 0.5) is 0 Å². The van der Waals surface area contributed by atoms with Crippen molar-refractivity contribution in [3.63, 3.8) is 0 Å². The standard InChI is InChI=1S/C22H26ClN3O2.ClH/c1-15-19(12-7-13-24-15)25-21(27)14-20(16-8-3-2-4-9-16)26-22(28)17-10-5-6-11-18(17)23;/h2-6,8-11,15,19-20,24H,7,12-14H2,1H3,(H,25,27)(H,26,28);1H. The summed E-state index contributed by atoms with van der Waals surface area (Å²) in [5.74, 6) is -0.367. The van der Waals surface area contributed by atoms with E-state index in [1.165, 1.54) is 0 Å². The van der Waals surface area contributed by atoms with E-state index < -0.39 is 6.04 Å². The van der Waals surface area contributed by atoms with E-state index in [0.717, 1.165) is 24.9 Å². The molecule has 29 heavy (non-hydrogen) atoms. The van der Waals surface area contributed by atoms with Crippen molar-refractivity contribution in [2.75, 3.05) is 6.54 Å². The Hall–Kier alpha value is -2.08. The Labute approximate surface area is 183 Å². The van der Waals surface area contributed by atoms with Gasteiger partial charge in [0.25, 0.3) is 5.91 Å². The maximum Gasteiger partial charge on any atom is 0.253 e. The lowest BCUT2D eigenvalue weighted by atomic mass is 9.98. The van der Waals surface area contributed by atoms with Gasteiger partial charge in [0.15, 0.2) is 0 Å². The third-order valence-corrected chi connectivity index (χ3v) is 5.45. The molecule has 7 heteroatoms. The molecular weight excluding hydrogens is 409 g/mol. The summed E-state index contributed by atoms with van der Waals surface area (Å²) >= 11 is 6.15. The number of hydrogen-bond acceptors (Lipinski definition) is 3. The zero-order chi connectivity index (χ0) is 19.9. The Morgan fingerprint density at radius 3 is 2.52 bits per heavy atom. The van der Waals surface area contributed by atoms with Crippen LogP contribution in [0, 0.1) is 0 Å². The van der Waals surface area contributed by atoms with E-state index in [0.29, 0.717) is 10.6 Å². The summed E-state index contributed by atoms with van der Waals surface area (Å²) in [5.41, 5.74) is 1.28. The van der Waals surface area contributed by atoms with Gasteiger partial charge >= 0.3 is 0 Å². The lowest BCUT2D eigenvalue weighted by molar-refractivity contribution is -0.122. The predicted octanol–water partition coefficient (Wildman–Crippen LogP) is 3.88. The summed E-state index contributed by atoms with van der Waals surface area (Å²) in [6.45, 7) is 3.06. The first-order valence-electron chi connectivity index (χ1n) is 9.67. The molecule has 1 heterocycles. The second-order valence-electron chi connectivity index (χ2n) is 7.18. The summed E-state index contributed by atoms with van der Waals surface area (Å²) in [4.78, 5) is 25.4. The summed E-state index contributed by atoms with van der Waals surface area (Å²) in [7, 11) is 0. The highest BCUT2D eigenvalue weighted by Crippen LogP contribution is 2.20. The van der Waals surface area contributed by atoms with Gasteiger partial charge in [-0.25, -0.2) is 0 Å². The number of piperidine rings is 1. The first-order valence-corrected chi connectivity index (χ1v) is 10.1. The van der Waals surface area contributed by atoms with E-state index >= 15 is 0 Å². The molecule has 0 saturated carbocycles. The van der Waals surface area contributed by atoms with Gasteiger partial charge in [0, 0.05) is 12.1 Å². The summed E-state index contributed by atoms with van der Waals surface area (Å²) in [5, 5.41) is 9.86. The van der Waals surface area contributed by atoms with Crippen LogP contribution in [0.15, 0.2) is 54.6 Å². The number of benzene rings is 2. The highest BCUT2D eigenvalue weighted by atomic mass is 35.5. The van der Waals surface area contributed by atoms with E-state index in [2.05, 4.69) is 22.9 Å². The van der Waals surface area contributed by atoms with Crippen molar-refractivity contribution in [2.24, 2.45) is 0 Å². The fourth-order valence-corrected chi connectivity index (χ4v) is 3.73. The van der Waals surface area contributed by atoms with Gasteiger partial charge in [-0.15, -0.1) is 12.4 Å². The van der Waals surface area contributed by atoms with Crippen molar-refractivity contribution in [3.8, 4) is 0 Å². The molecule has 0 spiro atoms. The SMILES string of the molecule is CC1NCCCC1NC(=O)CC(NC(=O)c1ccccc1Cl)c1ccccc1.Cl. The third-order valence-electron chi connectivity index (χ3n) is 5.12. The Kier molecular flexibility index (Phi) is 8.96. The number of carbonyl (C=O) groups is 2. The van der Waals surface area contributed by atoms with Crippen LogP contribution in [-0.2, 0) is 4.79 Å². The van der Waals surface area contributed by atoms with Crippen LogP contribution in [-0.4, -0.2) is 30.4 Å². The highest BCUT2D eigenvalue weighted by Gasteiger charge is 2.25. The first kappa shape index (κ1) is 23.2. The van der Waals surface area contributed by atoms with Gasteiger partial charge in [-0.05, 0) is 44.0 Å². The number of hydrogen-bond donors (Lipinski definition) is 3. The van der Waals surface area contributed by atoms with Gasteiger partial charge in [0.05, 0.1) is 23.0 Å². The summed E-state index contributed by atoms with van der Waals surface area (Å²) in [6.07, 6.45) is 2.17. The minimum atomic E-state index is -0.433. The molecule has 1 saturated heterocycles. The fourth-order valence-electron chi connectivity index (χ4n) is 3.51. The molecule has 2 amide bonds. The number of amides is 2. The maximum atomic E-state index is 12.7. The fraction of sp³-hybridized carbons (Fsp3) is 0.364. The molecule has 156 valence electrons. The topological polar surface area (TPSA) is 70.2 Å². The Bertz CT molecular complexity index is 817. The van der Waals surface area contributed by atoms with Crippen LogP contribution >= 0.6 is 24.0 Å². The molecule has 0 radical (unpaired) electrons. The normalized spacial score (nSPS) is 19.5. The lowest BCUT2D eigenvalue weighted by Crippen LogP contribution is -2.52. The molecule has 2 aromatic carbocycles. The molecule has 1 aliphatic rings. The van der Waals surface area contributed by atoms with Gasteiger partial charge in [-0.3, -0.25) is 9.59 Å². The zero-order valence-corrected chi connectivity index (χ0v) is 17.9. The van der Waals surface area contributed by atoms with Crippen LogP contribution in [0.1, 0.15) is 48.1 Å². The average Bonchev–Trinajstić information content (AvgIpc) is 2.70. The van der Waals surface area contributed by atoms with Gasteiger partial charge in [-0.2, -0.15) is 0 Å². The molecule has 3 rings (SSSR count). The maximum absolute atomic E-state index is 12.7. The highest BCUT2D eigenvalue weighted by molar-refractivity contribution is 6.33. The van der Waals surface area contributed by atoms with Crippen molar-refractivity contribution in [3.05, 3.63) is 70.7 Å². The molecule has 5 nitrogen and oxygen atoms in total. The Morgan fingerprint density at radius 2 is 1.83 bits per heavy atom. The largest absolute Gasteiger partial charge is 0.352 e. The minimum Gasteiger partial charge on any atom is -0.352 e. The van der Waals surface area contributed by atoms with Crippen molar-refractivity contribution in [1.82, 2.24) is 16.0 Å². The van der Waals surface area contributed by atoms with Crippen molar-refractivity contribution >= 4 is 35.8 Å². The Balaban J connectivity index is 0.00000300. The zero-order valence-electron chi connectivity index (χ0n) is 16.4. The molecule has 0 aromatic heterocycles. The second-order valence-corrected chi connectivity index (χ2v) is 7.59. The van der Waals surface area contributed by atoms with Crippen molar-refractivity contribution in [1.29, 1.82) is 0 Å². The molecule has 1 fully saturated rings. The number of rotatable bonds is 6. The van der Waals surface area contributed by atoms with Crippen LogP contribution < -0.4 is 16.0 Å². The van der Waals surface area contributed by atoms with Crippen LogP contribution in [0.2, 0.25) is 5.02 Å². The van der Waals surface area contributed by atoms with E-state index in [-0.39, 0.29) is 42.7 Å². The Morgan fingerprint density at radius 1 is 1.14 bits per heavy atom. The van der Waals surface area contributed by atoms with E-state index in [9.17, 15) is 9.59 Å². The third kappa shape index (κ3) is 6.46. The van der Waals surface area contributed by atoms with Crippen LogP contribution in [0.3, 0.4) is 0 Å². The first-order chi connectivity index (χ1) is 13.5. The summed E-state index contributed by atoms with van der Waals surface area (Å²) < 4.78 is 0. The second kappa shape index (κ2) is 11.2. The predicted molar refractivity (Wildman–Crippen MR) is 119 cm³/mol. The number of nitrogens with one attached hydrogen (secondary N) is 3. The monoisotopic (exact) mass is 435 g/mol. The van der Waals surface area contributed by atoms with Gasteiger partial charge in [0.2, 0.25) is 5.91 Å². The lowest BCUT2D eigenvalue weighted by Gasteiger charge is -2.31. The van der Waals surface area contributed by atoms with Gasteiger partial charge in [0.1, 0.15) is 0 Å². The smallest absolute Gasteiger partial charge is 0.253 e. The number of carbonyl (C=O) groups excluding carboxylic acids is 2. The van der Waals surface area contributed by atoms with Crippen LogP contribution in [0.5, 0.6) is 0 Å². The number of halogens is 2. The van der Waals surface area contributed by atoms with Gasteiger partial charge in [-0.1, -0.05) is 54.1 Å². The molecular formula is C22H27Cl2N3O2. The van der Waals surface area contributed by atoms with E-state index in [1.54, 1.807) is 24.3 Å². The molecule has 3 N–H and O–H groups in total.